The number of rotatable bonds is 15. The Morgan fingerprint density at radius 3 is 0.944 bits per heavy atom. The number of benzene rings is 6. The standard InChI is InChI=1S/2C29H32N4O2.C19H24N2O3.C10H10N2.CH4.ClH/c2*1-18-4-7-23(29(34)33-16-24(17-33)21-8-5-20(15-30)6-9-21)14-26(18)27-19(2)31-28(32-27)22-10-12-25(35-3)13-11-22;1-11-4-5-14(19(22)23)10-16(11)17-12(2)20-18(21-17)13-6-8-15(24-3)9-7-13;11-5-8-1-3-9(4-2-8)10-6-12-7-10;;/h2*4-9,14,22,24-25H,10-13,16-17H2,1-3H3,(H,31,32);4-5,10,13,15H,6-9H2,1-3H3,(H,20,21)(H,22,23);1-4,10,12H,6-7H2;1H4;1H. The second-order valence-electron chi connectivity index (χ2n) is 29.7. The molecule has 3 aliphatic heterocycles. The van der Waals surface area contributed by atoms with Crippen LogP contribution in [0, 0.1) is 75.5 Å². The summed E-state index contributed by atoms with van der Waals surface area (Å²) in [4.78, 5) is 66.9. The van der Waals surface area contributed by atoms with Crippen molar-refractivity contribution in [2.45, 2.75) is 180 Å². The van der Waals surface area contributed by atoms with Gasteiger partial charge >= 0.3 is 5.97 Å². The average Bonchev–Trinajstić information content (AvgIpc) is 1.19. The van der Waals surface area contributed by atoms with Gasteiger partial charge in [0.1, 0.15) is 17.5 Å². The maximum Gasteiger partial charge on any atom is 0.335 e. The summed E-state index contributed by atoms with van der Waals surface area (Å²) in [6, 6.07) is 46.7. The molecule has 564 valence electrons. The number of aromatic amines is 3. The highest BCUT2D eigenvalue weighted by molar-refractivity contribution is 5.97. The monoisotopic (exact) mass is 1470 g/mol. The number of aromatic carboxylic acids is 1. The van der Waals surface area contributed by atoms with Crippen molar-refractivity contribution in [1.29, 1.82) is 15.8 Å². The van der Waals surface area contributed by atoms with Gasteiger partial charge in [0, 0.05) is 141 Å². The number of H-pyrrole nitrogens is 3. The lowest BCUT2D eigenvalue weighted by Gasteiger charge is -2.39. The predicted molar refractivity (Wildman–Crippen MR) is 424 cm³/mol. The molecule has 3 saturated carbocycles. The van der Waals surface area contributed by atoms with Gasteiger partial charge in [-0.3, -0.25) is 9.59 Å². The number of imidazole rings is 3. The van der Waals surface area contributed by atoms with Crippen LogP contribution in [-0.2, 0) is 14.2 Å². The molecule has 0 unspecified atom stereocenters. The fraction of sp³-hybridized carbons (Fsp3) is 0.420. The predicted octanol–water partition coefficient (Wildman–Crippen LogP) is 17.3. The zero-order valence-electron chi connectivity index (χ0n) is 62.9. The van der Waals surface area contributed by atoms with E-state index in [1.165, 1.54) is 16.7 Å². The summed E-state index contributed by atoms with van der Waals surface area (Å²) in [6.07, 6.45) is 14.0. The minimum Gasteiger partial charge on any atom is -0.478 e. The number of hydrogen-bond acceptors (Lipinski definition) is 13. The van der Waals surface area contributed by atoms with Crippen LogP contribution in [0.5, 0.6) is 0 Å². The van der Waals surface area contributed by atoms with E-state index in [2.05, 4.69) is 66.2 Å². The molecule has 6 heterocycles. The quantitative estimate of drug-likeness (QED) is 0.0639. The number of ether oxygens (including phenoxy) is 3. The Hall–Kier alpha value is -10.0. The summed E-state index contributed by atoms with van der Waals surface area (Å²) in [5, 5.41) is 39.0. The van der Waals surface area contributed by atoms with E-state index in [0.717, 1.165) is 181 Å². The number of aryl methyl sites for hydroxylation is 6. The molecule has 3 aromatic heterocycles. The molecule has 19 nitrogen and oxygen atoms in total. The van der Waals surface area contributed by atoms with Gasteiger partial charge in [-0.05, 0) is 225 Å². The fourth-order valence-corrected chi connectivity index (χ4v) is 15.7. The van der Waals surface area contributed by atoms with Gasteiger partial charge < -0.3 is 49.4 Å². The van der Waals surface area contributed by atoms with Crippen LogP contribution < -0.4 is 5.32 Å². The van der Waals surface area contributed by atoms with Gasteiger partial charge in [0.25, 0.3) is 11.8 Å². The second-order valence-corrected chi connectivity index (χ2v) is 29.7. The summed E-state index contributed by atoms with van der Waals surface area (Å²) in [5.74, 6) is 4.90. The van der Waals surface area contributed by atoms with Gasteiger partial charge in [0.15, 0.2) is 0 Å². The first-order chi connectivity index (χ1) is 51.3. The zero-order valence-corrected chi connectivity index (χ0v) is 63.7. The first-order valence-corrected chi connectivity index (χ1v) is 37.5. The lowest BCUT2D eigenvalue weighted by atomic mass is 9.87. The Bertz CT molecular complexity index is 4490. The fourth-order valence-electron chi connectivity index (χ4n) is 15.7. The average molecular weight is 1480 g/mol. The summed E-state index contributed by atoms with van der Waals surface area (Å²) in [6.45, 7) is 17.2. The summed E-state index contributed by atoms with van der Waals surface area (Å²) in [5.41, 5.74) is 19.5. The molecule has 6 fully saturated rings. The Kier molecular flexibility index (Phi) is 27.4. The van der Waals surface area contributed by atoms with Crippen LogP contribution in [0.1, 0.15) is 236 Å². The van der Waals surface area contributed by atoms with Gasteiger partial charge in [-0.15, -0.1) is 12.4 Å². The van der Waals surface area contributed by atoms with Gasteiger partial charge in [-0.25, -0.2) is 19.7 Å². The zero-order chi connectivity index (χ0) is 74.7. The molecule has 0 atom stereocenters. The molecular weight excluding hydrogens is 1370 g/mol. The topological polar surface area (TPSA) is 275 Å². The number of methoxy groups -OCH3 is 3. The molecule has 108 heavy (non-hydrogen) atoms. The Morgan fingerprint density at radius 1 is 0.407 bits per heavy atom. The smallest absolute Gasteiger partial charge is 0.335 e. The molecule has 20 heteroatoms. The number of halogens is 1. The summed E-state index contributed by atoms with van der Waals surface area (Å²) in [7, 11) is 5.37. The van der Waals surface area contributed by atoms with Gasteiger partial charge in [0.05, 0.1) is 75.9 Å². The van der Waals surface area contributed by atoms with Crippen LogP contribution in [0.2, 0.25) is 0 Å². The molecule has 15 rings (SSSR count). The number of aromatic nitrogens is 6. The van der Waals surface area contributed by atoms with Crippen molar-refractivity contribution in [3.05, 3.63) is 229 Å². The number of nitrogens with zero attached hydrogens (tertiary/aromatic N) is 8. The molecule has 5 N–H and O–H groups in total. The lowest BCUT2D eigenvalue weighted by Crippen LogP contribution is -2.48. The van der Waals surface area contributed by atoms with Gasteiger partial charge in [-0.1, -0.05) is 62.0 Å². The summed E-state index contributed by atoms with van der Waals surface area (Å²) < 4.78 is 16.5. The molecule has 0 bridgehead atoms. The van der Waals surface area contributed by atoms with Crippen molar-refractivity contribution < 1.29 is 33.7 Å². The van der Waals surface area contributed by atoms with E-state index < -0.39 is 5.97 Å². The van der Waals surface area contributed by atoms with Crippen LogP contribution in [0.4, 0.5) is 0 Å². The molecule has 6 aliphatic rings. The molecule has 3 saturated heterocycles. The number of carboxylic acid groups (broad SMARTS) is 1. The van der Waals surface area contributed by atoms with E-state index in [4.69, 9.17) is 44.9 Å². The normalized spacial score (nSPS) is 19.7. The number of likely N-dealkylation sites (tertiary alicyclic amines) is 2. The van der Waals surface area contributed by atoms with E-state index >= 15 is 0 Å². The molecular formula is C88H103ClN12O7. The van der Waals surface area contributed by atoms with E-state index in [1.54, 1.807) is 33.5 Å². The van der Waals surface area contributed by atoms with Crippen molar-refractivity contribution in [3.63, 3.8) is 0 Å². The number of amides is 2. The molecule has 6 aromatic carbocycles. The van der Waals surface area contributed by atoms with Crippen molar-refractivity contribution in [1.82, 2.24) is 45.0 Å². The van der Waals surface area contributed by atoms with E-state index in [0.29, 0.717) is 108 Å². The Balaban J connectivity index is 0.000000161. The number of nitrogens with one attached hydrogen (secondary N) is 4. The number of carbonyl (C=O) groups is 3. The number of hydrogen-bond donors (Lipinski definition) is 5. The first-order valence-electron chi connectivity index (χ1n) is 37.5. The summed E-state index contributed by atoms with van der Waals surface area (Å²) >= 11 is 0. The molecule has 0 spiro atoms. The van der Waals surface area contributed by atoms with Crippen molar-refractivity contribution >= 4 is 30.2 Å². The third-order valence-corrected chi connectivity index (χ3v) is 22.8. The maximum atomic E-state index is 13.2. The molecule has 3 aliphatic carbocycles. The van der Waals surface area contributed by atoms with Crippen LogP contribution >= 0.6 is 12.4 Å². The van der Waals surface area contributed by atoms with Crippen molar-refractivity contribution in [2.75, 3.05) is 60.6 Å². The highest BCUT2D eigenvalue weighted by Gasteiger charge is 2.36. The van der Waals surface area contributed by atoms with E-state index in [1.807, 2.05) is 139 Å². The van der Waals surface area contributed by atoms with Crippen LogP contribution in [0.25, 0.3) is 33.8 Å². The third kappa shape index (κ3) is 18.7. The number of carboxylic acids is 1. The number of carbonyl (C=O) groups excluding carboxylic acids is 2. The Labute approximate surface area is 642 Å². The SMILES string of the molecule is C.COC1CCC(c2nc(-c3cc(C(=O)N4CC(c5ccc(C#N)cc5)C4)ccc3C)c(C)[nH]2)CC1.COC1CCC(c2nc(-c3cc(C(=O)N4CC(c5ccc(C#N)cc5)C4)ccc3C)c(C)[nH]2)CC1.COC1CCC(c2nc(-c3cc(C(=O)O)ccc3C)c(C)[nH]2)CC1.Cl.N#Cc1ccc(C2CNC2)cc1. The first kappa shape index (κ1) is 80.5. The van der Waals surface area contributed by atoms with Crippen molar-refractivity contribution in [2.24, 2.45) is 0 Å². The van der Waals surface area contributed by atoms with Crippen LogP contribution in [0.15, 0.2) is 127 Å². The van der Waals surface area contributed by atoms with E-state index in [-0.39, 0.29) is 31.6 Å². The second kappa shape index (κ2) is 36.7. The van der Waals surface area contributed by atoms with Crippen molar-refractivity contribution in [3.8, 4) is 52.0 Å². The van der Waals surface area contributed by atoms with Gasteiger partial charge in [-0.2, -0.15) is 15.8 Å². The molecule has 9 aromatic rings. The largest absolute Gasteiger partial charge is 0.478 e. The van der Waals surface area contributed by atoms with Crippen LogP contribution in [0.3, 0.4) is 0 Å². The van der Waals surface area contributed by atoms with Crippen LogP contribution in [-0.4, -0.2) is 142 Å². The van der Waals surface area contributed by atoms with Gasteiger partial charge in [0.2, 0.25) is 0 Å². The molecule has 0 radical (unpaired) electrons. The highest BCUT2D eigenvalue weighted by Crippen LogP contribution is 2.40. The minimum absolute atomic E-state index is 0. The molecule has 2 amide bonds. The van der Waals surface area contributed by atoms with E-state index in [9.17, 15) is 19.5 Å². The minimum atomic E-state index is -0.914. The third-order valence-electron chi connectivity index (χ3n) is 22.8. The highest BCUT2D eigenvalue weighted by atomic mass is 35.5. The number of nitriles is 3. The maximum absolute atomic E-state index is 13.2. The lowest BCUT2D eigenvalue weighted by molar-refractivity contribution is 0.0596. The Morgan fingerprint density at radius 2 is 0.685 bits per heavy atom.